The van der Waals surface area contributed by atoms with E-state index in [1.165, 1.54) is 0 Å². The van der Waals surface area contributed by atoms with Crippen molar-refractivity contribution in [3.05, 3.63) is 76.8 Å². The molecular weight excluding hydrogens is 382 g/mol. The van der Waals surface area contributed by atoms with E-state index in [9.17, 15) is 4.79 Å². The number of halogens is 1. The molecule has 0 heterocycles. The molecule has 128 valence electrons. The van der Waals surface area contributed by atoms with Crippen LogP contribution in [0.5, 0.6) is 5.75 Å². The van der Waals surface area contributed by atoms with E-state index in [0.717, 1.165) is 26.6 Å². The van der Waals surface area contributed by atoms with Crippen molar-refractivity contribution in [1.29, 1.82) is 0 Å². The molecule has 0 saturated heterocycles. The van der Waals surface area contributed by atoms with Gasteiger partial charge in [0.2, 0.25) is 0 Å². The molecule has 0 fully saturated rings. The average Bonchev–Trinajstić information content (AvgIpc) is 2.64. The fourth-order valence-corrected chi connectivity index (χ4v) is 2.76. The molecule has 0 spiro atoms. The SMILES string of the molecule is O=C(NCCOc1ccc2ccc(Br)cc2c1)OCc1ccccc1. The summed E-state index contributed by atoms with van der Waals surface area (Å²) in [7, 11) is 0. The third kappa shape index (κ3) is 5.22. The molecule has 3 aromatic carbocycles. The zero-order valence-electron chi connectivity index (χ0n) is 13.6. The van der Waals surface area contributed by atoms with Crippen LogP contribution in [0.4, 0.5) is 4.79 Å². The van der Waals surface area contributed by atoms with Gasteiger partial charge < -0.3 is 14.8 Å². The number of amides is 1. The van der Waals surface area contributed by atoms with E-state index in [-0.39, 0.29) is 6.61 Å². The summed E-state index contributed by atoms with van der Waals surface area (Å²) in [6, 6.07) is 21.6. The summed E-state index contributed by atoms with van der Waals surface area (Å²) < 4.78 is 11.8. The molecule has 0 aromatic heterocycles. The number of hydrogen-bond acceptors (Lipinski definition) is 3. The lowest BCUT2D eigenvalue weighted by Crippen LogP contribution is -2.28. The Morgan fingerprint density at radius 3 is 2.60 bits per heavy atom. The monoisotopic (exact) mass is 399 g/mol. The van der Waals surface area contributed by atoms with Crippen LogP contribution in [0.2, 0.25) is 0 Å². The number of ether oxygens (including phenoxy) is 2. The number of nitrogens with one attached hydrogen (secondary N) is 1. The van der Waals surface area contributed by atoms with Crippen LogP contribution in [0.15, 0.2) is 71.2 Å². The van der Waals surface area contributed by atoms with Gasteiger partial charge in [-0.05, 0) is 40.6 Å². The Hall–Kier alpha value is -2.53. The van der Waals surface area contributed by atoms with Crippen molar-refractivity contribution >= 4 is 32.8 Å². The van der Waals surface area contributed by atoms with Gasteiger partial charge in [-0.2, -0.15) is 0 Å². The van der Waals surface area contributed by atoms with Gasteiger partial charge in [0, 0.05) is 4.47 Å². The van der Waals surface area contributed by atoms with Crippen molar-refractivity contribution in [2.24, 2.45) is 0 Å². The van der Waals surface area contributed by atoms with Gasteiger partial charge in [-0.15, -0.1) is 0 Å². The first-order chi connectivity index (χ1) is 12.2. The summed E-state index contributed by atoms with van der Waals surface area (Å²) in [4.78, 5) is 11.6. The van der Waals surface area contributed by atoms with Crippen molar-refractivity contribution in [1.82, 2.24) is 5.32 Å². The van der Waals surface area contributed by atoms with Crippen LogP contribution in [0, 0.1) is 0 Å². The maximum Gasteiger partial charge on any atom is 0.407 e. The van der Waals surface area contributed by atoms with Gasteiger partial charge in [0.05, 0.1) is 6.54 Å². The average molecular weight is 400 g/mol. The van der Waals surface area contributed by atoms with Crippen molar-refractivity contribution in [3.8, 4) is 5.75 Å². The Labute approximate surface area is 154 Å². The molecule has 5 heteroatoms. The van der Waals surface area contributed by atoms with E-state index in [1.54, 1.807) is 0 Å². The van der Waals surface area contributed by atoms with Gasteiger partial charge in [0.1, 0.15) is 19.0 Å². The summed E-state index contributed by atoms with van der Waals surface area (Å²) in [5, 5.41) is 4.93. The Balaban J connectivity index is 1.41. The predicted octanol–water partition coefficient (Wildman–Crippen LogP) is 4.91. The van der Waals surface area contributed by atoms with Crippen molar-refractivity contribution in [2.75, 3.05) is 13.2 Å². The number of carbonyl (C=O) groups excluding carboxylic acids is 1. The molecule has 0 unspecified atom stereocenters. The third-order valence-electron chi connectivity index (χ3n) is 3.63. The summed E-state index contributed by atoms with van der Waals surface area (Å²) in [5.74, 6) is 0.769. The van der Waals surface area contributed by atoms with Gasteiger partial charge in [-0.1, -0.05) is 58.4 Å². The van der Waals surface area contributed by atoms with Crippen LogP contribution in [0.25, 0.3) is 10.8 Å². The van der Waals surface area contributed by atoms with Gasteiger partial charge >= 0.3 is 6.09 Å². The molecule has 0 saturated carbocycles. The highest BCUT2D eigenvalue weighted by atomic mass is 79.9. The Morgan fingerprint density at radius 1 is 0.960 bits per heavy atom. The molecule has 4 nitrogen and oxygen atoms in total. The van der Waals surface area contributed by atoms with E-state index in [4.69, 9.17) is 9.47 Å². The highest BCUT2D eigenvalue weighted by Crippen LogP contribution is 2.24. The first kappa shape index (κ1) is 17.3. The van der Waals surface area contributed by atoms with E-state index < -0.39 is 6.09 Å². The second kappa shape index (κ2) is 8.53. The molecule has 1 N–H and O–H groups in total. The minimum absolute atomic E-state index is 0.257. The van der Waals surface area contributed by atoms with E-state index in [1.807, 2.05) is 66.7 Å². The molecule has 3 aromatic rings. The lowest BCUT2D eigenvalue weighted by atomic mass is 10.1. The minimum atomic E-state index is -0.449. The summed E-state index contributed by atoms with van der Waals surface area (Å²) >= 11 is 3.47. The molecule has 0 bridgehead atoms. The number of fused-ring (bicyclic) bond motifs is 1. The molecule has 0 aliphatic rings. The quantitative estimate of drug-likeness (QED) is 0.599. The number of hydrogen-bond donors (Lipinski definition) is 1. The van der Waals surface area contributed by atoms with E-state index >= 15 is 0 Å². The lowest BCUT2D eigenvalue weighted by Gasteiger charge is -2.09. The molecular formula is C20H18BrNO3. The topological polar surface area (TPSA) is 47.6 Å². The zero-order valence-corrected chi connectivity index (χ0v) is 15.2. The number of carbonyl (C=O) groups is 1. The normalized spacial score (nSPS) is 10.4. The zero-order chi connectivity index (χ0) is 17.5. The smallest absolute Gasteiger partial charge is 0.407 e. The Morgan fingerprint density at radius 2 is 1.76 bits per heavy atom. The van der Waals surface area contributed by atoms with Crippen LogP contribution < -0.4 is 10.1 Å². The van der Waals surface area contributed by atoms with E-state index in [2.05, 4.69) is 21.2 Å². The molecule has 3 rings (SSSR count). The standard InChI is InChI=1S/C20H18BrNO3/c21-18-8-6-16-7-9-19(13-17(16)12-18)24-11-10-22-20(23)25-14-15-4-2-1-3-5-15/h1-9,12-13H,10-11,14H2,(H,22,23). The fourth-order valence-electron chi connectivity index (χ4n) is 2.38. The van der Waals surface area contributed by atoms with Crippen LogP contribution in [-0.2, 0) is 11.3 Å². The lowest BCUT2D eigenvalue weighted by molar-refractivity contribution is 0.137. The van der Waals surface area contributed by atoms with Gasteiger partial charge in [-0.3, -0.25) is 0 Å². The summed E-state index contributed by atoms with van der Waals surface area (Å²) in [6.07, 6.45) is -0.449. The van der Waals surface area contributed by atoms with Crippen LogP contribution in [0.1, 0.15) is 5.56 Å². The molecule has 0 radical (unpaired) electrons. The van der Waals surface area contributed by atoms with Gasteiger partial charge in [0.25, 0.3) is 0 Å². The van der Waals surface area contributed by atoms with Crippen LogP contribution in [-0.4, -0.2) is 19.2 Å². The maximum atomic E-state index is 11.6. The Bertz CT molecular complexity index is 852. The third-order valence-corrected chi connectivity index (χ3v) is 4.12. The van der Waals surface area contributed by atoms with E-state index in [0.29, 0.717) is 13.2 Å². The highest BCUT2D eigenvalue weighted by molar-refractivity contribution is 9.10. The number of benzene rings is 3. The molecule has 1 amide bonds. The van der Waals surface area contributed by atoms with Crippen LogP contribution in [0.3, 0.4) is 0 Å². The second-order valence-corrected chi connectivity index (χ2v) is 6.41. The van der Waals surface area contributed by atoms with Gasteiger partial charge in [0.15, 0.2) is 0 Å². The second-order valence-electron chi connectivity index (χ2n) is 5.49. The number of rotatable bonds is 6. The molecule has 0 atom stereocenters. The summed E-state index contributed by atoms with van der Waals surface area (Å²) in [6.45, 7) is 1.01. The predicted molar refractivity (Wildman–Crippen MR) is 102 cm³/mol. The first-order valence-corrected chi connectivity index (χ1v) is 8.77. The summed E-state index contributed by atoms with van der Waals surface area (Å²) in [5.41, 5.74) is 0.955. The first-order valence-electron chi connectivity index (χ1n) is 7.97. The fraction of sp³-hybridized carbons (Fsp3) is 0.150. The number of alkyl carbamates (subject to hydrolysis) is 1. The molecule has 25 heavy (non-hydrogen) atoms. The van der Waals surface area contributed by atoms with Crippen LogP contribution >= 0.6 is 15.9 Å². The highest BCUT2D eigenvalue weighted by Gasteiger charge is 2.03. The molecule has 0 aliphatic heterocycles. The minimum Gasteiger partial charge on any atom is -0.492 e. The Kier molecular flexibility index (Phi) is 5.90. The molecule has 0 aliphatic carbocycles. The van der Waals surface area contributed by atoms with Crippen molar-refractivity contribution in [2.45, 2.75) is 6.61 Å². The van der Waals surface area contributed by atoms with Crippen molar-refractivity contribution in [3.63, 3.8) is 0 Å². The largest absolute Gasteiger partial charge is 0.492 e. The maximum absolute atomic E-state index is 11.6. The van der Waals surface area contributed by atoms with Crippen molar-refractivity contribution < 1.29 is 14.3 Å². The van der Waals surface area contributed by atoms with Gasteiger partial charge in [-0.25, -0.2) is 4.79 Å².